The van der Waals surface area contributed by atoms with Crippen molar-refractivity contribution in [3.05, 3.63) is 35.4 Å². The van der Waals surface area contributed by atoms with Crippen molar-refractivity contribution < 1.29 is 40.7 Å². The summed E-state index contributed by atoms with van der Waals surface area (Å²) in [6, 6.07) is 2.42. The van der Waals surface area contributed by atoms with Crippen LogP contribution in [0, 0.1) is 5.92 Å². The maximum Gasteiger partial charge on any atom is 0.416 e. The van der Waals surface area contributed by atoms with Crippen molar-refractivity contribution in [2.45, 2.75) is 19.3 Å². The van der Waals surface area contributed by atoms with Gasteiger partial charge in [-0.05, 0) is 19.1 Å². The molecule has 0 aliphatic rings. The maximum absolute atomic E-state index is 12.8. The van der Waals surface area contributed by atoms with Crippen molar-refractivity contribution in [2.24, 2.45) is 5.92 Å². The number of benzene rings is 1. The average molecular weight is 328 g/mol. The summed E-state index contributed by atoms with van der Waals surface area (Å²) >= 11 is 0. The Kier molecular flexibility index (Phi) is 5.21. The first kappa shape index (κ1) is 18.0. The lowest BCUT2D eigenvalue weighted by atomic mass is 9.95. The number of ketones is 1. The van der Waals surface area contributed by atoms with Gasteiger partial charge in [-0.15, -0.1) is 0 Å². The molecule has 9 heteroatoms. The van der Waals surface area contributed by atoms with Crippen LogP contribution in [0.15, 0.2) is 24.3 Å². The van der Waals surface area contributed by atoms with Gasteiger partial charge in [-0.25, -0.2) is 0 Å². The van der Waals surface area contributed by atoms with E-state index in [4.69, 9.17) is 0 Å². The standard InChI is InChI=1S/C13H10F6O3/c1-2-22-11(21)9(13(17,18)19)10(20)7-4-3-5-8(6-7)12(14,15)16/h3-6,9H,2H2,1H3. The summed E-state index contributed by atoms with van der Waals surface area (Å²) < 4.78 is 80.2. The zero-order valence-electron chi connectivity index (χ0n) is 11.1. The minimum atomic E-state index is -5.27. The van der Waals surface area contributed by atoms with Gasteiger partial charge < -0.3 is 4.74 Å². The fourth-order valence-electron chi connectivity index (χ4n) is 1.63. The molecule has 1 aromatic rings. The minimum absolute atomic E-state index is 0.264. The van der Waals surface area contributed by atoms with E-state index in [0.29, 0.717) is 6.07 Å². The lowest BCUT2D eigenvalue weighted by Gasteiger charge is -2.18. The lowest BCUT2D eigenvalue weighted by Crippen LogP contribution is -2.38. The van der Waals surface area contributed by atoms with Crippen LogP contribution >= 0.6 is 0 Å². The number of Topliss-reactive ketones (excluding diaryl/α,β-unsaturated/α-hetero) is 1. The third-order valence-electron chi connectivity index (χ3n) is 2.59. The van der Waals surface area contributed by atoms with E-state index in [1.54, 1.807) is 0 Å². The van der Waals surface area contributed by atoms with Gasteiger partial charge in [0.05, 0.1) is 12.2 Å². The van der Waals surface area contributed by atoms with Crippen molar-refractivity contribution >= 4 is 11.8 Å². The number of rotatable bonds is 4. The molecule has 0 spiro atoms. The molecular weight excluding hydrogens is 318 g/mol. The normalized spacial score (nSPS) is 13.6. The molecule has 122 valence electrons. The van der Waals surface area contributed by atoms with Gasteiger partial charge in [-0.1, -0.05) is 12.1 Å². The van der Waals surface area contributed by atoms with Crippen LogP contribution in [0.5, 0.6) is 0 Å². The van der Waals surface area contributed by atoms with Crippen molar-refractivity contribution in [3.8, 4) is 0 Å². The van der Waals surface area contributed by atoms with Gasteiger partial charge in [0.25, 0.3) is 0 Å². The predicted molar refractivity (Wildman–Crippen MR) is 62.0 cm³/mol. The smallest absolute Gasteiger partial charge is 0.416 e. The van der Waals surface area contributed by atoms with E-state index < -0.39 is 47.8 Å². The summed E-state index contributed by atoms with van der Waals surface area (Å²) in [6.45, 7) is 0.835. The molecule has 0 radical (unpaired) electrons. The van der Waals surface area contributed by atoms with Crippen LogP contribution in [0.1, 0.15) is 22.8 Å². The number of hydrogen-bond donors (Lipinski definition) is 0. The second-order valence-electron chi connectivity index (χ2n) is 4.17. The largest absolute Gasteiger partial charge is 0.465 e. The summed E-state index contributed by atoms with van der Waals surface area (Å²) in [5.74, 6) is -6.80. The topological polar surface area (TPSA) is 43.4 Å². The number of halogens is 6. The Balaban J connectivity index is 3.23. The zero-order chi connectivity index (χ0) is 17.1. The quantitative estimate of drug-likeness (QED) is 0.367. The van der Waals surface area contributed by atoms with Crippen LogP contribution in [-0.4, -0.2) is 24.5 Å². The Bertz CT molecular complexity index is 562. The van der Waals surface area contributed by atoms with Gasteiger partial charge in [0.15, 0.2) is 5.78 Å². The van der Waals surface area contributed by atoms with Gasteiger partial charge in [-0.3, -0.25) is 9.59 Å². The molecule has 0 N–H and O–H groups in total. The Morgan fingerprint density at radius 1 is 1.14 bits per heavy atom. The van der Waals surface area contributed by atoms with Crippen LogP contribution in [0.2, 0.25) is 0 Å². The second kappa shape index (κ2) is 6.37. The SMILES string of the molecule is CCOC(=O)C(C(=O)c1cccc(C(F)(F)F)c1)C(F)(F)F. The fourth-order valence-corrected chi connectivity index (χ4v) is 1.63. The van der Waals surface area contributed by atoms with Crippen LogP contribution in [0.3, 0.4) is 0 Å². The molecule has 0 heterocycles. The second-order valence-corrected chi connectivity index (χ2v) is 4.17. The third-order valence-corrected chi connectivity index (χ3v) is 2.59. The van der Waals surface area contributed by atoms with Crippen molar-refractivity contribution in [2.75, 3.05) is 6.61 Å². The van der Waals surface area contributed by atoms with Crippen LogP contribution < -0.4 is 0 Å². The molecule has 0 fully saturated rings. The molecule has 3 nitrogen and oxygen atoms in total. The Morgan fingerprint density at radius 3 is 2.18 bits per heavy atom. The molecule has 0 saturated heterocycles. The molecule has 0 saturated carbocycles. The third kappa shape index (κ3) is 4.22. The van der Waals surface area contributed by atoms with E-state index in [1.807, 2.05) is 0 Å². The highest BCUT2D eigenvalue weighted by Crippen LogP contribution is 2.33. The molecular formula is C13H10F6O3. The van der Waals surface area contributed by atoms with Crippen LogP contribution in [0.25, 0.3) is 0 Å². The van der Waals surface area contributed by atoms with Gasteiger partial charge in [-0.2, -0.15) is 26.3 Å². The van der Waals surface area contributed by atoms with Crippen molar-refractivity contribution in [3.63, 3.8) is 0 Å². The highest BCUT2D eigenvalue weighted by molar-refractivity contribution is 6.09. The molecule has 1 atom stereocenters. The number of carbonyl (C=O) groups is 2. The number of hydrogen-bond acceptors (Lipinski definition) is 3. The highest BCUT2D eigenvalue weighted by Gasteiger charge is 2.51. The number of carbonyl (C=O) groups excluding carboxylic acids is 2. The molecule has 1 unspecified atom stereocenters. The molecule has 0 aromatic heterocycles. The number of esters is 1. The van der Waals surface area contributed by atoms with Crippen LogP contribution in [0.4, 0.5) is 26.3 Å². The summed E-state index contributed by atoms with van der Waals surface area (Å²) in [5, 5.41) is 0. The fraction of sp³-hybridized carbons (Fsp3) is 0.385. The van der Waals surface area contributed by atoms with E-state index >= 15 is 0 Å². The first-order chi connectivity index (χ1) is 9.98. The Morgan fingerprint density at radius 2 is 1.73 bits per heavy atom. The van der Waals surface area contributed by atoms with Gasteiger partial charge >= 0.3 is 18.3 Å². The van der Waals surface area contributed by atoms with Crippen molar-refractivity contribution in [1.29, 1.82) is 0 Å². The Labute approximate surface area is 120 Å². The minimum Gasteiger partial charge on any atom is -0.465 e. The van der Waals surface area contributed by atoms with E-state index in [2.05, 4.69) is 4.74 Å². The monoisotopic (exact) mass is 328 g/mol. The van der Waals surface area contributed by atoms with Gasteiger partial charge in [0.2, 0.25) is 5.92 Å². The molecule has 0 bridgehead atoms. The molecule has 0 aliphatic heterocycles. The molecule has 1 aromatic carbocycles. The first-order valence-corrected chi connectivity index (χ1v) is 5.93. The number of ether oxygens (including phenoxy) is 1. The van der Waals surface area contributed by atoms with E-state index in [-0.39, 0.29) is 6.07 Å². The zero-order valence-corrected chi connectivity index (χ0v) is 11.1. The Hall–Kier alpha value is -2.06. The van der Waals surface area contributed by atoms with E-state index in [9.17, 15) is 35.9 Å². The summed E-state index contributed by atoms with van der Waals surface area (Å²) in [7, 11) is 0. The molecule has 22 heavy (non-hydrogen) atoms. The average Bonchev–Trinajstić information content (AvgIpc) is 2.36. The van der Waals surface area contributed by atoms with E-state index in [0.717, 1.165) is 12.1 Å². The van der Waals surface area contributed by atoms with Gasteiger partial charge in [0, 0.05) is 5.56 Å². The summed E-state index contributed by atoms with van der Waals surface area (Å²) in [4.78, 5) is 23.1. The molecule has 1 rings (SSSR count). The summed E-state index contributed by atoms with van der Waals surface area (Å²) in [5.41, 5.74) is -2.16. The highest BCUT2D eigenvalue weighted by atomic mass is 19.4. The van der Waals surface area contributed by atoms with Crippen LogP contribution in [-0.2, 0) is 15.7 Å². The van der Waals surface area contributed by atoms with E-state index in [1.165, 1.54) is 6.92 Å². The summed E-state index contributed by atoms with van der Waals surface area (Å²) in [6.07, 6.45) is -10.1. The molecule has 0 amide bonds. The van der Waals surface area contributed by atoms with Crippen molar-refractivity contribution in [1.82, 2.24) is 0 Å². The maximum atomic E-state index is 12.8. The van der Waals surface area contributed by atoms with Gasteiger partial charge in [0.1, 0.15) is 0 Å². The lowest BCUT2D eigenvalue weighted by molar-refractivity contribution is -0.187. The molecule has 0 aliphatic carbocycles. The number of alkyl halides is 6. The first-order valence-electron chi connectivity index (χ1n) is 5.93. The predicted octanol–water partition coefficient (Wildman–Crippen LogP) is 3.63.